The number of pyridine rings is 2. The fourth-order valence-electron chi connectivity index (χ4n) is 4.82. The number of fused-ring (bicyclic) bond motifs is 1. The lowest BCUT2D eigenvalue weighted by molar-refractivity contribution is 0.307. The number of aryl methyl sites for hydroxylation is 2. The van der Waals surface area contributed by atoms with Crippen molar-refractivity contribution in [2.75, 3.05) is 13.3 Å². The zero-order chi connectivity index (χ0) is 33.8. The first-order valence-electron chi connectivity index (χ1n) is 16.6. The lowest BCUT2D eigenvalue weighted by Crippen LogP contribution is -2.20. The predicted molar refractivity (Wildman–Crippen MR) is 193 cm³/mol. The summed E-state index contributed by atoms with van der Waals surface area (Å²) >= 11 is 0. The summed E-state index contributed by atoms with van der Waals surface area (Å²) in [7, 11) is 0. The van der Waals surface area contributed by atoms with Gasteiger partial charge in [-0.3, -0.25) is 9.97 Å². The van der Waals surface area contributed by atoms with Crippen LogP contribution in [0.4, 0.5) is 4.39 Å². The lowest BCUT2D eigenvalue weighted by atomic mass is 9.97. The number of aliphatic hydroxyl groups is 1. The molecule has 5 nitrogen and oxygen atoms in total. The van der Waals surface area contributed by atoms with Gasteiger partial charge in [0.1, 0.15) is 5.82 Å². The van der Waals surface area contributed by atoms with Crippen LogP contribution in [0, 0.1) is 19.7 Å². The first-order chi connectivity index (χ1) is 21.7. The molecule has 1 atom stereocenters. The van der Waals surface area contributed by atoms with E-state index in [0.717, 1.165) is 46.7 Å². The molecule has 246 valence electrons. The van der Waals surface area contributed by atoms with Crippen molar-refractivity contribution in [1.29, 1.82) is 0 Å². The molecule has 2 aromatic heterocycles. The molecule has 0 fully saturated rings. The molecule has 45 heavy (non-hydrogen) atoms. The van der Waals surface area contributed by atoms with Gasteiger partial charge in [0, 0.05) is 41.0 Å². The number of nitrogens with two attached hydrogens (primary N) is 1. The number of benzene rings is 2. The zero-order valence-corrected chi connectivity index (χ0v) is 29.2. The van der Waals surface area contributed by atoms with Gasteiger partial charge >= 0.3 is 0 Å². The quantitative estimate of drug-likeness (QED) is 0.122. The van der Waals surface area contributed by atoms with E-state index in [2.05, 4.69) is 94.8 Å². The van der Waals surface area contributed by atoms with Crippen LogP contribution in [0.5, 0.6) is 0 Å². The summed E-state index contributed by atoms with van der Waals surface area (Å²) in [5.41, 5.74) is 14.4. The summed E-state index contributed by atoms with van der Waals surface area (Å²) in [4.78, 5) is 9.70. The largest absolute Gasteiger partial charge is 0.384 e. The summed E-state index contributed by atoms with van der Waals surface area (Å²) in [5.74, 6) is -0.0386. The number of hydrogen-bond donors (Lipinski definition) is 3. The maximum atomic E-state index is 13.5. The van der Waals surface area contributed by atoms with Crippen molar-refractivity contribution in [3.05, 3.63) is 101 Å². The monoisotopic (exact) mass is 616 g/mol. The average molecular weight is 617 g/mol. The second-order valence-corrected chi connectivity index (χ2v) is 10.9. The van der Waals surface area contributed by atoms with E-state index in [1.165, 1.54) is 59.9 Å². The molecule has 4 rings (SSSR count). The molecule has 0 aliphatic carbocycles. The molecular formula is C39H57FN4O. The van der Waals surface area contributed by atoms with Crippen molar-refractivity contribution in [3.63, 3.8) is 0 Å². The van der Waals surface area contributed by atoms with Gasteiger partial charge in [0.05, 0.1) is 17.9 Å². The summed E-state index contributed by atoms with van der Waals surface area (Å²) in [6.07, 6.45) is 9.95. The first kappa shape index (κ1) is 39.4. The number of rotatable bonds is 10. The zero-order valence-electron chi connectivity index (χ0n) is 29.2. The third-order valence-electron chi connectivity index (χ3n) is 7.21. The van der Waals surface area contributed by atoms with E-state index in [0.29, 0.717) is 0 Å². The Balaban J connectivity index is 0.00000115. The maximum Gasteiger partial charge on any atom is 0.123 e. The second-order valence-electron chi connectivity index (χ2n) is 10.9. The summed E-state index contributed by atoms with van der Waals surface area (Å²) in [5, 5.41) is 12.2. The second kappa shape index (κ2) is 22.0. The Hall–Kier alpha value is -3.61. The van der Waals surface area contributed by atoms with Crippen molar-refractivity contribution in [2.45, 2.75) is 100 Å². The van der Waals surface area contributed by atoms with Gasteiger partial charge in [-0.2, -0.15) is 0 Å². The van der Waals surface area contributed by atoms with Crippen LogP contribution in [0.2, 0.25) is 0 Å². The van der Waals surface area contributed by atoms with Crippen LogP contribution in [0.3, 0.4) is 0 Å². The van der Waals surface area contributed by atoms with E-state index < -0.39 is 0 Å². The highest BCUT2D eigenvalue weighted by molar-refractivity contribution is 5.86. The summed E-state index contributed by atoms with van der Waals surface area (Å²) in [6.45, 7) is 19.5. The molecule has 1 unspecified atom stereocenters. The minimum absolute atomic E-state index is 0.194. The number of aromatic nitrogens is 2. The Labute approximate surface area is 272 Å². The number of nitrogens with zero attached hydrogens (tertiary/aromatic N) is 2. The van der Waals surface area contributed by atoms with Crippen LogP contribution >= 0.6 is 0 Å². The Morgan fingerprint density at radius 3 is 2.27 bits per heavy atom. The van der Waals surface area contributed by atoms with E-state index in [1.807, 2.05) is 26.1 Å². The Morgan fingerprint density at radius 2 is 1.67 bits per heavy atom. The van der Waals surface area contributed by atoms with Crippen molar-refractivity contribution >= 4 is 16.6 Å². The minimum atomic E-state index is -0.250. The summed E-state index contributed by atoms with van der Waals surface area (Å²) < 4.78 is 13.5. The van der Waals surface area contributed by atoms with Crippen molar-refractivity contribution in [1.82, 2.24) is 15.3 Å². The fourth-order valence-corrected chi connectivity index (χ4v) is 4.82. The van der Waals surface area contributed by atoms with Gasteiger partial charge in [0.15, 0.2) is 0 Å². The van der Waals surface area contributed by atoms with Crippen LogP contribution in [-0.2, 0) is 6.42 Å². The number of halogens is 1. The Bertz CT molecular complexity index is 1430. The molecule has 2 aromatic carbocycles. The average Bonchev–Trinajstić information content (AvgIpc) is 3.05. The molecule has 0 radical (unpaired) electrons. The van der Waals surface area contributed by atoms with Gasteiger partial charge in [-0.05, 0) is 104 Å². The Morgan fingerprint density at radius 1 is 1.02 bits per heavy atom. The summed E-state index contributed by atoms with van der Waals surface area (Å²) in [6, 6.07) is 17.5. The standard InChI is InChI=1S/C33H38FN3.C3H8.C2H6.CH5NO/c1-6-8-9-11-26-19-28(20-27-12-10-17-35-33(26)27)30(7-2)36-21-23(4)31-18-22(3)24(5)32(37-31)25-13-15-29(34)16-14-25;1-3-2;1-2;2-1-3/h7,10,12-20,23,36H,6,8-9,11,21H2,1-5H3;3H2,1-2H3;1-2H3;3H,1-2H2/b30-7+;;;. The predicted octanol–water partition coefficient (Wildman–Crippen LogP) is 9.88. The normalized spacial score (nSPS) is 11.3. The van der Waals surface area contributed by atoms with Crippen molar-refractivity contribution in [2.24, 2.45) is 5.73 Å². The molecule has 6 heteroatoms. The van der Waals surface area contributed by atoms with E-state index >= 15 is 0 Å². The third-order valence-corrected chi connectivity index (χ3v) is 7.21. The molecular weight excluding hydrogens is 559 g/mol. The Kier molecular flexibility index (Phi) is 19.3. The molecule has 4 N–H and O–H groups in total. The fraction of sp³-hybridized carbons (Fsp3) is 0.436. The van der Waals surface area contributed by atoms with Crippen LogP contribution in [0.15, 0.2) is 66.9 Å². The maximum absolute atomic E-state index is 13.5. The highest BCUT2D eigenvalue weighted by Crippen LogP contribution is 2.28. The van der Waals surface area contributed by atoms with Crippen LogP contribution in [-0.4, -0.2) is 28.4 Å². The van der Waals surface area contributed by atoms with Gasteiger partial charge in [0.25, 0.3) is 0 Å². The first-order valence-corrected chi connectivity index (χ1v) is 16.6. The molecule has 0 spiro atoms. The topological polar surface area (TPSA) is 84.1 Å². The molecule has 0 saturated heterocycles. The van der Waals surface area contributed by atoms with Crippen molar-refractivity contribution in [3.8, 4) is 11.3 Å². The smallest absolute Gasteiger partial charge is 0.123 e. The number of aliphatic hydroxyl groups excluding tert-OH is 1. The van der Waals surface area contributed by atoms with E-state index in [1.54, 1.807) is 12.1 Å². The van der Waals surface area contributed by atoms with Crippen LogP contribution < -0.4 is 11.1 Å². The molecule has 4 aromatic rings. The molecule has 0 amide bonds. The van der Waals surface area contributed by atoms with E-state index in [9.17, 15) is 4.39 Å². The van der Waals surface area contributed by atoms with Crippen LogP contribution in [0.1, 0.15) is 108 Å². The van der Waals surface area contributed by atoms with E-state index in [-0.39, 0.29) is 18.5 Å². The van der Waals surface area contributed by atoms with Gasteiger partial charge in [0.2, 0.25) is 0 Å². The lowest BCUT2D eigenvalue weighted by Gasteiger charge is -2.19. The number of allylic oxidation sites excluding steroid dienone is 1. The van der Waals surface area contributed by atoms with Gasteiger partial charge < -0.3 is 16.2 Å². The van der Waals surface area contributed by atoms with Gasteiger partial charge in [-0.15, -0.1) is 0 Å². The molecule has 2 heterocycles. The SMILES string of the molecule is C/C=C(/NCC(C)c1cc(C)c(C)c(-c2ccc(F)cc2)n1)c1cc(CCCCC)c2ncccc2c1.CC.CCC.NCO. The van der Waals surface area contributed by atoms with Crippen LogP contribution in [0.25, 0.3) is 27.9 Å². The highest BCUT2D eigenvalue weighted by atomic mass is 19.1. The number of nitrogens with one attached hydrogen (secondary N) is 1. The van der Waals surface area contributed by atoms with E-state index in [4.69, 9.17) is 10.1 Å². The molecule has 0 aliphatic heterocycles. The third kappa shape index (κ3) is 12.4. The number of unbranched alkanes of at least 4 members (excludes halogenated alkanes) is 2. The van der Waals surface area contributed by atoms with Gasteiger partial charge in [-0.25, -0.2) is 4.39 Å². The molecule has 0 aliphatic rings. The highest BCUT2D eigenvalue weighted by Gasteiger charge is 2.15. The van der Waals surface area contributed by atoms with Crippen molar-refractivity contribution < 1.29 is 9.50 Å². The van der Waals surface area contributed by atoms with Gasteiger partial charge in [-0.1, -0.05) is 72.9 Å². The molecule has 0 saturated carbocycles. The molecule has 0 bridgehead atoms. The minimum Gasteiger partial charge on any atom is -0.384 e. The number of hydrogen-bond acceptors (Lipinski definition) is 5.